The summed E-state index contributed by atoms with van der Waals surface area (Å²) in [5, 5.41) is 10.9. The molecule has 2 rings (SSSR count). The molecule has 136 valence electrons. The van der Waals surface area contributed by atoms with E-state index in [1.165, 1.54) is 12.1 Å². The SMILES string of the molecule is CC1(C)CN(Cc2cc([N+](=O)[O-])ccc2OC(F)F)CCC1N.Cl. The van der Waals surface area contributed by atoms with Gasteiger partial charge in [-0.15, -0.1) is 12.4 Å². The van der Waals surface area contributed by atoms with Crippen molar-refractivity contribution in [2.45, 2.75) is 39.5 Å². The fraction of sp³-hybridized carbons (Fsp3) is 0.600. The molecule has 1 fully saturated rings. The molecule has 1 atom stereocenters. The molecule has 1 aliphatic heterocycles. The Labute approximate surface area is 145 Å². The fourth-order valence-corrected chi connectivity index (χ4v) is 2.87. The second-order valence-electron chi connectivity index (χ2n) is 6.52. The third-order valence-electron chi connectivity index (χ3n) is 4.26. The Morgan fingerprint density at radius 2 is 2.17 bits per heavy atom. The van der Waals surface area contributed by atoms with E-state index in [4.69, 9.17) is 5.73 Å². The molecule has 1 aromatic carbocycles. The topological polar surface area (TPSA) is 81.6 Å². The highest BCUT2D eigenvalue weighted by Crippen LogP contribution is 2.32. The number of hydrogen-bond donors (Lipinski definition) is 1. The number of likely N-dealkylation sites (tertiary alicyclic amines) is 1. The van der Waals surface area contributed by atoms with E-state index in [0.717, 1.165) is 12.5 Å². The summed E-state index contributed by atoms with van der Waals surface area (Å²) in [4.78, 5) is 12.4. The molecule has 24 heavy (non-hydrogen) atoms. The Balaban J connectivity index is 0.00000288. The Kier molecular flexibility index (Phi) is 6.88. The molecule has 1 saturated heterocycles. The number of nitrogens with two attached hydrogens (primary N) is 1. The summed E-state index contributed by atoms with van der Waals surface area (Å²) in [7, 11) is 0. The van der Waals surface area contributed by atoms with E-state index in [2.05, 4.69) is 9.64 Å². The normalized spacial score (nSPS) is 20.5. The van der Waals surface area contributed by atoms with Gasteiger partial charge in [-0.25, -0.2) is 0 Å². The van der Waals surface area contributed by atoms with Crippen LogP contribution in [-0.4, -0.2) is 35.6 Å². The Morgan fingerprint density at radius 3 is 2.71 bits per heavy atom. The fourth-order valence-electron chi connectivity index (χ4n) is 2.87. The summed E-state index contributed by atoms with van der Waals surface area (Å²) >= 11 is 0. The average molecular weight is 366 g/mol. The van der Waals surface area contributed by atoms with Gasteiger partial charge >= 0.3 is 6.61 Å². The van der Waals surface area contributed by atoms with Gasteiger partial charge in [-0.05, 0) is 17.9 Å². The zero-order valence-corrected chi connectivity index (χ0v) is 14.4. The van der Waals surface area contributed by atoms with E-state index in [-0.39, 0.29) is 35.3 Å². The number of halogens is 3. The molecule has 0 saturated carbocycles. The van der Waals surface area contributed by atoms with Crippen LogP contribution in [0.15, 0.2) is 18.2 Å². The third kappa shape index (κ3) is 4.99. The van der Waals surface area contributed by atoms with Crippen molar-refractivity contribution in [2.75, 3.05) is 13.1 Å². The molecule has 0 radical (unpaired) electrons. The molecule has 0 amide bonds. The van der Waals surface area contributed by atoms with Crippen molar-refractivity contribution >= 4 is 18.1 Å². The molecule has 9 heteroatoms. The van der Waals surface area contributed by atoms with Crippen molar-refractivity contribution in [3.05, 3.63) is 33.9 Å². The number of nitro groups is 1. The van der Waals surface area contributed by atoms with Crippen molar-refractivity contribution in [1.29, 1.82) is 0 Å². The molecule has 0 aromatic heterocycles. The van der Waals surface area contributed by atoms with Gasteiger partial charge in [0, 0.05) is 43.4 Å². The molecule has 0 aliphatic carbocycles. The lowest BCUT2D eigenvalue weighted by Gasteiger charge is -2.42. The smallest absolute Gasteiger partial charge is 0.387 e. The van der Waals surface area contributed by atoms with Gasteiger partial charge in [-0.1, -0.05) is 13.8 Å². The summed E-state index contributed by atoms with van der Waals surface area (Å²) in [6, 6.07) is 3.75. The van der Waals surface area contributed by atoms with Crippen LogP contribution in [0, 0.1) is 15.5 Å². The maximum Gasteiger partial charge on any atom is 0.387 e. The number of piperidine rings is 1. The highest BCUT2D eigenvalue weighted by atomic mass is 35.5. The highest BCUT2D eigenvalue weighted by Gasteiger charge is 2.33. The van der Waals surface area contributed by atoms with E-state index in [9.17, 15) is 18.9 Å². The van der Waals surface area contributed by atoms with Gasteiger partial charge in [-0.3, -0.25) is 15.0 Å². The largest absolute Gasteiger partial charge is 0.434 e. The molecule has 1 aromatic rings. The van der Waals surface area contributed by atoms with Crippen LogP contribution in [0.25, 0.3) is 0 Å². The van der Waals surface area contributed by atoms with Crippen molar-refractivity contribution in [1.82, 2.24) is 4.90 Å². The van der Waals surface area contributed by atoms with Crippen molar-refractivity contribution < 1.29 is 18.4 Å². The summed E-state index contributed by atoms with van der Waals surface area (Å²) in [6.07, 6.45) is 0.785. The number of hydrogen-bond acceptors (Lipinski definition) is 5. The molecule has 2 N–H and O–H groups in total. The molecule has 1 unspecified atom stereocenters. The van der Waals surface area contributed by atoms with Gasteiger partial charge in [0.1, 0.15) is 5.75 Å². The first-order chi connectivity index (χ1) is 10.7. The lowest BCUT2D eigenvalue weighted by Crippen LogP contribution is -2.52. The maximum absolute atomic E-state index is 12.5. The minimum absolute atomic E-state index is 0. The molecule has 0 bridgehead atoms. The first-order valence-corrected chi connectivity index (χ1v) is 7.39. The second kappa shape index (κ2) is 8.04. The van der Waals surface area contributed by atoms with Crippen LogP contribution in [0.4, 0.5) is 14.5 Å². The summed E-state index contributed by atoms with van der Waals surface area (Å²) in [5.74, 6) is -0.0294. The monoisotopic (exact) mass is 365 g/mol. The predicted molar refractivity (Wildman–Crippen MR) is 88.6 cm³/mol. The molecular weight excluding hydrogens is 344 g/mol. The van der Waals surface area contributed by atoms with Crippen LogP contribution in [0.1, 0.15) is 25.8 Å². The molecule has 0 spiro atoms. The lowest BCUT2D eigenvalue weighted by molar-refractivity contribution is -0.385. The average Bonchev–Trinajstić information content (AvgIpc) is 2.43. The van der Waals surface area contributed by atoms with E-state index >= 15 is 0 Å². The van der Waals surface area contributed by atoms with E-state index in [1.54, 1.807) is 0 Å². The lowest BCUT2D eigenvalue weighted by atomic mass is 9.79. The van der Waals surface area contributed by atoms with Crippen LogP contribution >= 0.6 is 12.4 Å². The second-order valence-corrected chi connectivity index (χ2v) is 6.52. The number of rotatable bonds is 5. The number of alkyl halides is 2. The van der Waals surface area contributed by atoms with Gasteiger partial charge in [0.2, 0.25) is 0 Å². The number of nitro benzene ring substituents is 1. The first-order valence-electron chi connectivity index (χ1n) is 7.39. The van der Waals surface area contributed by atoms with E-state index in [1.807, 2.05) is 13.8 Å². The third-order valence-corrected chi connectivity index (χ3v) is 4.26. The van der Waals surface area contributed by atoms with Gasteiger partial charge in [0.05, 0.1) is 4.92 Å². The molecule has 1 aliphatic rings. The van der Waals surface area contributed by atoms with Gasteiger partial charge < -0.3 is 10.5 Å². The zero-order chi connectivity index (χ0) is 17.2. The van der Waals surface area contributed by atoms with Crippen molar-refractivity contribution in [3.63, 3.8) is 0 Å². The first kappa shape index (κ1) is 20.5. The molecular formula is C15H22ClF2N3O3. The van der Waals surface area contributed by atoms with Gasteiger partial charge in [0.15, 0.2) is 0 Å². The molecule has 1 heterocycles. The Morgan fingerprint density at radius 1 is 1.50 bits per heavy atom. The predicted octanol–water partition coefficient (Wildman–Crippen LogP) is 3.18. The maximum atomic E-state index is 12.5. The van der Waals surface area contributed by atoms with E-state index < -0.39 is 11.5 Å². The molecule has 6 nitrogen and oxygen atoms in total. The number of ether oxygens (including phenoxy) is 1. The van der Waals surface area contributed by atoms with Crippen LogP contribution < -0.4 is 10.5 Å². The van der Waals surface area contributed by atoms with Gasteiger partial charge in [0.25, 0.3) is 5.69 Å². The van der Waals surface area contributed by atoms with Crippen LogP contribution in [-0.2, 0) is 6.54 Å². The van der Waals surface area contributed by atoms with Crippen molar-refractivity contribution in [3.8, 4) is 5.75 Å². The summed E-state index contributed by atoms with van der Waals surface area (Å²) in [6.45, 7) is 2.83. The highest BCUT2D eigenvalue weighted by molar-refractivity contribution is 5.85. The summed E-state index contributed by atoms with van der Waals surface area (Å²) < 4.78 is 29.5. The Hall–Kier alpha value is -1.51. The quantitative estimate of drug-likeness (QED) is 0.640. The Bertz CT molecular complexity index is 587. The van der Waals surface area contributed by atoms with Gasteiger partial charge in [-0.2, -0.15) is 8.78 Å². The van der Waals surface area contributed by atoms with Crippen LogP contribution in [0.2, 0.25) is 0 Å². The number of nitrogens with zero attached hydrogens (tertiary/aromatic N) is 2. The van der Waals surface area contributed by atoms with Crippen LogP contribution in [0.5, 0.6) is 5.75 Å². The minimum Gasteiger partial charge on any atom is -0.434 e. The van der Waals surface area contributed by atoms with E-state index in [0.29, 0.717) is 25.2 Å². The minimum atomic E-state index is -2.97. The zero-order valence-electron chi connectivity index (χ0n) is 13.6. The number of benzene rings is 1. The van der Waals surface area contributed by atoms with Crippen molar-refractivity contribution in [2.24, 2.45) is 11.1 Å². The van der Waals surface area contributed by atoms with Crippen LogP contribution in [0.3, 0.4) is 0 Å². The standard InChI is InChI=1S/C15H21F2N3O3.ClH/c1-15(2)9-19(6-5-13(15)18)8-10-7-11(20(21)22)3-4-12(10)23-14(16)17;/h3-4,7,13-14H,5-6,8-9,18H2,1-2H3;1H. The number of non-ortho nitro benzene ring substituents is 1. The summed E-state index contributed by atoms with van der Waals surface area (Å²) in [5.41, 5.74) is 6.22.